The van der Waals surface area contributed by atoms with Crippen LogP contribution in [-0.4, -0.2) is 9.97 Å². The van der Waals surface area contributed by atoms with E-state index >= 15 is 0 Å². The molecule has 0 saturated carbocycles. The zero-order valence-corrected chi connectivity index (χ0v) is 11.8. The van der Waals surface area contributed by atoms with Gasteiger partial charge < -0.3 is 10.5 Å². The number of halogens is 2. The molecule has 0 spiro atoms. The summed E-state index contributed by atoms with van der Waals surface area (Å²) in [5.41, 5.74) is 5.63. The Balaban J connectivity index is 2.04. The van der Waals surface area contributed by atoms with Gasteiger partial charge in [0, 0.05) is 0 Å². The highest BCUT2D eigenvalue weighted by molar-refractivity contribution is 9.10. The van der Waals surface area contributed by atoms with E-state index in [-0.39, 0.29) is 11.8 Å². The van der Waals surface area contributed by atoms with Crippen molar-refractivity contribution in [1.29, 1.82) is 0 Å². The maximum absolute atomic E-state index is 13.2. The predicted molar refractivity (Wildman–Crippen MR) is 76.0 cm³/mol. The molecule has 0 unspecified atom stereocenters. The monoisotopic (exact) mass is 339 g/mol. The number of nitrogens with two attached hydrogens (primary N) is 1. The van der Waals surface area contributed by atoms with Crippen molar-refractivity contribution < 1.29 is 9.13 Å². The van der Waals surface area contributed by atoms with Gasteiger partial charge in [-0.05, 0) is 45.6 Å². The fourth-order valence-corrected chi connectivity index (χ4v) is 2.69. The number of aromatic nitrogens is 2. The topological polar surface area (TPSA) is 61.0 Å². The Kier molecular flexibility index (Phi) is 3.08. The molecule has 0 aliphatic rings. The van der Waals surface area contributed by atoms with Crippen LogP contribution in [0.25, 0.3) is 10.2 Å². The summed E-state index contributed by atoms with van der Waals surface area (Å²) in [7, 11) is 0. The van der Waals surface area contributed by atoms with Gasteiger partial charge in [-0.25, -0.2) is 9.37 Å². The molecule has 3 rings (SSSR count). The number of fused-ring (bicyclic) bond motifs is 1. The van der Waals surface area contributed by atoms with Crippen molar-refractivity contribution in [2.24, 2.45) is 0 Å². The highest BCUT2D eigenvalue weighted by Gasteiger charge is 2.10. The van der Waals surface area contributed by atoms with Crippen LogP contribution in [0.1, 0.15) is 0 Å². The quantitative estimate of drug-likeness (QED) is 0.767. The second-order valence-corrected chi connectivity index (χ2v) is 5.45. The summed E-state index contributed by atoms with van der Waals surface area (Å²) in [4.78, 5) is 8.92. The first-order chi connectivity index (χ1) is 9.13. The standard InChI is InChI=1S/C12H7BrFN3OS/c13-8-5-6(1-2-9(8)14)18-10-7-3-4-19-11(7)17-12(15)16-10/h1-5H,(H2,15,16,17). The van der Waals surface area contributed by atoms with Crippen LogP contribution in [0.2, 0.25) is 0 Å². The van der Waals surface area contributed by atoms with Crippen molar-refractivity contribution in [3.63, 3.8) is 0 Å². The molecular weight excluding hydrogens is 333 g/mol. The predicted octanol–water partition coefficient (Wildman–Crippen LogP) is 3.97. The number of hydrogen-bond donors (Lipinski definition) is 1. The first kappa shape index (κ1) is 12.3. The van der Waals surface area contributed by atoms with E-state index in [1.807, 2.05) is 11.4 Å². The molecular formula is C12H7BrFN3OS. The van der Waals surface area contributed by atoms with Crippen LogP contribution in [0.3, 0.4) is 0 Å². The summed E-state index contributed by atoms with van der Waals surface area (Å²) in [6.07, 6.45) is 0. The molecule has 7 heteroatoms. The number of benzene rings is 1. The van der Waals surface area contributed by atoms with Gasteiger partial charge in [-0.3, -0.25) is 0 Å². The van der Waals surface area contributed by atoms with E-state index < -0.39 is 0 Å². The number of rotatable bonds is 2. The minimum Gasteiger partial charge on any atom is -0.438 e. The Morgan fingerprint density at radius 2 is 2.11 bits per heavy atom. The van der Waals surface area contributed by atoms with E-state index in [4.69, 9.17) is 10.5 Å². The number of nitrogens with zero attached hydrogens (tertiary/aromatic N) is 2. The van der Waals surface area contributed by atoms with E-state index in [1.165, 1.54) is 29.5 Å². The van der Waals surface area contributed by atoms with Gasteiger partial charge in [0.1, 0.15) is 16.4 Å². The van der Waals surface area contributed by atoms with Gasteiger partial charge in [0.05, 0.1) is 9.86 Å². The van der Waals surface area contributed by atoms with Crippen LogP contribution in [0.15, 0.2) is 34.1 Å². The van der Waals surface area contributed by atoms with E-state index in [1.54, 1.807) is 0 Å². The van der Waals surface area contributed by atoms with E-state index in [2.05, 4.69) is 25.9 Å². The third kappa shape index (κ3) is 2.39. The van der Waals surface area contributed by atoms with Crippen LogP contribution in [0.5, 0.6) is 11.6 Å². The zero-order valence-electron chi connectivity index (χ0n) is 9.43. The highest BCUT2D eigenvalue weighted by atomic mass is 79.9. The molecule has 0 fully saturated rings. The van der Waals surface area contributed by atoms with Crippen LogP contribution in [-0.2, 0) is 0 Å². The average Bonchev–Trinajstić information content (AvgIpc) is 2.82. The van der Waals surface area contributed by atoms with Crippen molar-refractivity contribution in [3.05, 3.63) is 39.9 Å². The van der Waals surface area contributed by atoms with Crippen molar-refractivity contribution in [3.8, 4) is 11.6 Å². The molecule has 3 aromatic rings. The molecule has 0 amide bonds. The normalized spacial score (nSPS) is 10.8. The second kappa shape index (κ2) is 4.75. The first-order valence-corrected chi connectivity index (χ1v) is 6.94. The molecule has 19 heavy (non-hydrogen) atoms. The van der Waals surface area contributed by atoms with Crippen molar-refractivity contribution >= 4 is 43.4 Å². The Bertz CT molecular complexity index is 762. The number of nitrogen functional groups attached to an aromatic ring is 1. The summed E-state index contributed by atoms with van der Waals surface area (Å²) in [6, 6.07) is 6.23. The maximum Gasteiger partial charge on any atom is 0.232 e. The van der Waals surface area contributed by atoms with Crippen LogP contribution in [0.4, 0.5) is 10.3 Å². The molecule has 96 valence electrons. The van der Waals surface area contributed by atoms with Crippen molar-refractivity contribution in [1.82, 2.24) is 9.97 Å². The lowest BCUT2D eigenvalue weighted by Crippen LogP contribution is -1.97. The largest absolute Gasteiger partial charge is 0.438 e. The van der Waals surface area contributed by atoms with Gasteiger partial charge in [0.15, 0.2) is 0 Å². The zero-order chi connectivity index (χ0) is 13.4. The van der Waals surface area contributed by atoms with Crippen LogP contribution < -0.4 is 10.5 Å². The van der Waals surface area contributed by atoms with Crippen LogP contribution in [0, 0.1) is 5.82 Å². The molecule has 0 bridgehead atoms. The van der Waals surface area contributed by atoms with Gasteiger partial charge >= 0.3 is 0 Å². The summed E-state index contributed by atoms with van der Waals surface area (Å²) >= 11 is 4.56. The molecule has 0 radical (unpaired) electrons. The number of hydrogen-bond acceptors (Lipinski definition) is 5. The summed E-state index contributed by atoms with van der Waals surface area (Å²) in [5.74, 6) is 0.627. The molecule has 0 aliphatic heterocycles. The summed E-state index contributed by atoms with van der Waals surface area (Å²) in [6.45, 7) is 0. The number of anilines is 1. The molecule has 4 nitrogen and oxygen atoms in total. The van der Waals surface area contributed by atoms with Crippen LogP contribution >= 0.6 is 27.3 Å². The Morgan fingerprint density at radius 3 is 2.89 bits per heavy atom. The number of thiophene rings is 1. The molecule has 2 heterocycles. The maximum atomic E-state index is 13.2. The third-order valence-electron chi connectivity index (χ3n) is 2.41. The SMILES string of the molecule is Nc1nc(Oc2ccc(F)c(Br)c2)c2ccsc2n1. The van der Waals surface area contributed by atoms with Crippen molar-refractivity contribution in [2.75, 3.05) is 5.73 Å². The number of ether oxygens (including phenoxy) is 1. The molecule has 2 aromatic heterocycles. The minimum atomic E-state index is -0.352. The smallest absolute Gasteiger partial charge is 0.232 e. The van der Waals surface area contributed by atoms with Crippen molar-refractivity contribution in [2.45, 2.75) is 0 Å². The van der Waals surface area contributed by atoms with Gasteiger partial charge in [0.2, 0.25) is 11.8 Å². The van der Waals surface area contributed by atoms with Gasteiger partial charge in [-0.1, -0.05) is 0 Å². The summed E-state index contributed by atoms with van der Waals surface area (Å²) in [5, 5.41) is 2.66. The molecule has 2 N–H and O–H groups in total. The Labute approximate surface area is 120 Å². The van der Waals surface area contributed by atoms with Gasteiger partial charge in [-0.2, -0.15) is 4.98 Å². The van der Waals surface area contributed by atoms with Gasteiger partial charge in [0.25, 0.3) is 0 Å². The Hall–Kier alpha value is -1.73. The lowest BCUT2D eigenvalue weighted by Gasteiger charge is -2.07. The Morgan fingerprint density at radius 1 is 1.26 bits per heavy atom. The molecule has 0 atom stereocenters. The first-order valence-electron chi connectivity index (χ1n) is 5.27. The lowest BCUT2D eigenvalue weighted by atomic mass is 10.3. The van der Waals surface area contributed by atoms with E-state index in [9.17, 15) is 4.39 Å². The minimum absolute atomic E-state index is 0.145. The lowest BCUT2D eigenvalue weighted by molar-refractivity contribution is 0.467. The average molecular weight is 340 g/mol. The molecule has 0 saturated heterocycles. The molecule has 0 aliphatic carbocycles. The van der Waals surface area contributed by atoms with Gasteiger partial charge in [-0.15, -0.1) is 11.3 Å². The fourth-order valence-electron chi connectivity index (χ4n) is 1.57. The van der Waals surface area contributed by atoms with E-state index in [0.717, 1.165) is 10.2 Å². The molecule has 1 aromatic carbocycles. The second-order valence-electron chi connectivity index (χ2n) is 3.70. The van der Waals surface area contributed by atoms with E-state index in [0.29, 0.717) is 16.1 Å². The highest BCUT2D eigenvalue weighted by Crippen LogP contribution is 2.32. The summed E-state index contributed by atoms with van der Waals surface area (Å²) < 4.78 is 19.1. The fraction of sp³-hybridized carbons (Fsp3) is 0. The third-order valence-corrected chi connectivity index (χ3v) is 3.83.